The van der Waals surface area contributed by atoms with Gasteiger partial charge in [-0.15, -0.1) is 0 Å². The highest BCUT2D eigenvalue weighted by Gasteiger charge is 2.27. The second-order valence-electron chi connectivity index (χ2n) is 18.2. The number of likely N-dealkylation sites (N-methyl/N-ethyl adjacent to an activating group) is 1. The number of phosphoric ester groups is 1. The quantitative estimate of drug-likeness (QED) is 0.0243. The number of phosphoric acid groups is 1. The van der Waals surface area contributed by atoms with Crippen molar-refractivity contribution in [1.82, 2.24) is 5.32 Å². The fourth-order valence-electron chi connectivity index (χ4n) is 6.52. The van der Waals surface area contributed by atoms with Gasteiger partial charge in [-0.25, -0.2) is 4.57 Å². The Morgan fingerprint density at radius 3 is 1.37 bits per heavy atom. The van der Waals surface area contributed by atoms with Gasteiger partial charge in [-0.1, -0.05) is 199 Å². The lowest BCUT2D eigenvalue weighted by Crippen LogP contribution is -2.45. The van der Waals surface area contributed by atoms with Crippen LogP contribution in [0.5, 0.6) is 0 Å². The summed E-state index contributed by atoms with van der Waals surface area (Å²) in [5.41, 5.74) is 0. The van der Waals surface area contributed by atoms with E-state index in [4.69, 9.17) is 9.05 Å². The minimum Gasteiger partial charge on any atom is -0.387 e. The van der Waals surface area contributed by atoms with Crippen LogP contribution in [0, 0.1) is 0 Å². The van der Waals surface area contributed by atoms with Crippen LogP contribution in [-0.2, 0) is 18.4 Å². The van der Waals surface area contributed by atoms with E-state index in [1.54, 1.807) is 6.08 Å². The Balaban J connectivity index is 4.29. The Morgan fingerprint density at radius 1 is 0.522 bits per heavy atom. The first-order chi connectivity index (χ1) is 32.5. The highest BCUT2D eigenvalue weighted by atomic mass is 31.2. The highest BCUT2D eigenvalue weighted by molar-refractivity contribution is 7.47. The molecule has 9 heteroatoms. The molecule has 0 fully saturated rings. The summed E-state index contributed by atoms with van der Waals surface area (Å²) in [5.74, 6) is -0.214. The molecular weight excluding hydrogens is 852 g/mol. The van der Waals surface area contributed by atoms with Crippen molar-refractivity contribution >= 4 is 13.7 Å². The van der Waals surface area contributed by atoms with Crippen LogP contribution < -0.4 is 5.32 Å². The van der Waals surface area contributed by atoms with Gasteiger partial charge in [-0.2, -0.15) is 0 Å². The standard InChI is InChI=1S/C58H97N2O6P/c1-6-8-10-12-14-16-18-20-21-22-23-24-25-26-27-28-29-30-31-32-33-34-35-36-37-38-39-40-42-44-46-48-50-52-58(62)59-56(55-66-67(63,64)65-54-53-60(3,4)5)57(61)51-49-47-45-43-41-19-17-15-13-11-9-7-2/h8,10,14,16,20-21,23-24,26-27,29-30,32-33,35-36,38-39,41,43,49,51,56-57,61H,6-7,9,11-13,15,17-19,22,25,28,31,34,37,40,42,44-48,50,52-55H2,1-5H3,(H-,59,62,63,64)/p+1/b10-8-,16-14-,21-20-,24-23-,27-26-,30-29-,33-32-,36-35-,39-38-,43-41+,51-49+. The van der Waals surface area contributed by atoms with Crippen molar-refractivity contribution < 1.29 is 32.9 Å². The van der Waals surface area contributed by atoms with Crippen LogP contribution in [-0.4, -0.2) is 73.4 Å². The fourth-order valence-corrected chi connectivity index (χ4v) is 7.25. The van der Waals surface area contributed by atoms with Crippen LogP contribution in [0.15, 0.2) is 134 Å². The molecule has 3 unspecified atom stereocenters. The van der Waals surface area contributed by atoms with Gasteiger partial charge >= 0.3 is 7.82 Å². The van der Waals surface area contributed by atoms with Gasteiger partial charge in [-0.05, 0) is 103 Å². The van der Waals surface area contributed by atoms with Crippen molar-refractivity contribution in [2.24, 2.45) is 0 Å². The molecule has 0 radical (unpaired) electrons. The number of carbonyl (C=O) groups excluding carboxylic acids is 1. The summed E-state index contributed by atoms with van der Waals surface area (Å²) in [5, 5.41) is 13.8. The van der Waals surface area contributed by atoms with Crippen molar-refractivity contribution in [2.45, 2.75) is 187 Å². The second kappa shape index (κ2) is 47.7. The molecule has 0 bridgehead atoms. The molecule has 0 aromatic heterocycles. The van der Waals surface area contributed by atoms with Gasteiger partial charge < -0.3 is 19.8 Å². The van der Waals surface area contributed by atoms with Gasteiger partial charge in [0.25, 0.3) is 0 Å². The molecule has 0 spiro atoms. The average molecular weight is 950 g/mol. The van der Waals surface area contributed by atoms with Crippen LogP contribution in [0.3, 0.4) is 0 Å². The molecule has 380 valence electrons. The number of hydrogen-bond acceptors (Lipinski definition) is 5. The molecule has 3 N–H and O–H groups in total. The number of carbonyl (C=O) groups is 1. The van der Waals surface area contributed by atoms with E-state index in [1.807, 2.05) is 27.2 Å². The Hall–Kier alpha value is -3.36. The summed E-state index contributed by atoms with van der Waals surface area (Å²) in [6.45, 7) is 4.61. The first-order valence-corrected chi connectivity index (χ1v) is 27.6. The lowest BCUT2D eigenvalue weighted by Gasteiger charge is -2.25. The van der Waals surface area contributed by atoms with Crippen molar-refractivity contribution in [3.8, 4) is 0 Å². The van der Waals surface area contributed by atoms with E-state index in [1.165, 1.54) is 38.5 Å². The van der Waals surface area contributed by atoms with Crippen LogP contribution in [0.4, 0.5) is 0 Å². The molecule has 67 heavy (non-hydrogen) atoms. The smallest absolute Gasteiger partial charge is 0.387 e. The third-order valence-electron chi connectivity index (χ3n) is 10.6. The number of nitrogens with one attached hydrogen (secondary N) is 1. The SMILES string of the molecule is CC/C=C\C/C=C\C/C=C\C/C=C\C/C=C\C/C=C\C/C=C\C/C=C\C/C=C\CCCCCCCC(=O)NC(COP(=O)(O)OCC[N+](C)(C)C)C(O)/C=C/CC/C=C/CCCCCCCC. The third kappa shape index (κ3) is 50.3. The largest absolute Gasteiger partial charge is 0.472 e. The number of aliphatic hydroxyl groups is 1. The van der Waals surface area contributed by atoms with E-state index >= 15 is 0 Å². The Morgan fingerprint density at radius 2 is 0.910 bits per heavy atom. The lowest BCUT2D eigenvalue weighted by atomic mass is 10.1. The van der Waals surface area contributed by atoms with Crippen molar-refractivity contribution in [3.05, 3.63) is 134 Å². The molecule has 0 aliphatic carbocycles. The van der Waals surface area contributed by atoms with E-state index in [0.29, 0.717) is 17.4 Å². The van der Waals surface area contributed by atoms with E-state index < -0.39 is 20.0 Å². The zero-order valence-electron chi connectivity index (χ0n) is 43.1. The molecule has 0 saturated carbocycles. The Labute approximate surface area is 411 Å². The molecule has 0 aromatic rings. The Bertz CT molecular complexity index is 1540. The second-order valence-corrected chi connectivity index (χ2v) is 19.6. The van der Waals surface area contributed by atoms with Gasteiger partial charge in [0.1, 0.15) is 13.2 Å². The zero-order valence-corrected chi connectivity index (χ0v) is 44.0. The topological polar surface area (TPSA) is 105 Å². The lowest BCUT2D eigenvalue weighted by molar-refractivity contribution is -0.870. The summed E-state index contributed by atoms with van der Waals surface area (Å²) in [7, 11) is 1.52. The number of aliphatic hydroxyl groups excluding tert-OH is 1. The molecule has 0 aliphatic heterocycles. The molecule has 1 amide bonds. The van der Waals surface area contributed by atoms with Crippen LogP contribution >= 0.6 is 7.82 Å². The number of unbranched alkanes of at least 4 members (excludes halogenated alkanes) is 12. The number of quaternary nitrogens is 1. The maximum Gasteiger partial charge on any atom is 0.472 e. The molecule has 3 atom stereocenters. The van der Waals surface area contributed by atoms with Gasteiger partial charge in [0.05, 0.1) is 39.9 Å². The number of hydrogen-bond donors (Lipinski definition) is 3. The van der Waals surface area contributed by atoms with Gasteiger partial charge in [0.2, 0.25) is 5.91 Å². The zero-order chi connectivity index (χ0) is 49.2. The molecule has 0 aromatic carbocycles. The van der Waals surface area contributed by atoms with Gasteiger partial charge in [-0.3, -0.25) is 13.8 Å². The van der Waals surface area contributed by atoms with Crippen molar-refractivity contribution in [1.29, 1.82) is 0 Å². The fraction of sp³-hybridized carbons (Fsp3) is 0.603. The molecular formula is C58H98N2O6P+. The summed E-state index contributed by atoms with van der Waals surface area (Å²) in [6.07, 6.45) is 72.6. The summed E-state index contributed by atoms with van der Waals surface area (Å²) < 4.78 is 23.6. The number of nitrogens with zero attached hydrogens (tertiary/aromatic N) is 1. The van der Waals surface area contributed by atoms with Crippen LogP contribution in [0.1, 0.15) is 174 Å². The van der Waals surface area contributed by atoms with Gasteiger partial charge in [0, 0.05) is 6.42 Å². The predicted octanol–water partition coefficient (Wildman–Crippen LogP) is 15.6. The predicted molar refractivity (Wildman–Crippen MR) is 290 cm³/mol. The van der Waals surface area contributed by atoms with E-state index in [-0.39, 0.29) is 19.1 Å². The highest BCUT2D eigenvalue weighted by Crippen LogP contribution is 2.43. The maximum absolute atomic E-state index is 12.9. The molecule has 0 aliphatic rings. The molecule has 0 heterocycles. The van der Waals surface area contributed by atoms with E-state index in [2.05, 4.69) is 141 Å². The first kappa shape index (κ1) is 63.6. The summed E-state index contributed by atoms with van der Waals surface area (Å²) in [4.78, 5) is 23.2. The minimum absolute atomic E-state index is 0.0442. The van der Waals surface area contributed by atoms with Gasteiger partial charge in [0.15, 0.2) is 0 Å². The summed E-state index contributed by atoms with van der Waals surface area (Å²) >= 11 is 0. The number of allylic oxidation sites excluding steroid dienone is 21. The average Bonchev–Trinajstić information content (AvgIpc) is 3.29. The maximum atomic E-state index is 12.9. The summed E-state index contributed by atoms with van der Waals surface area (Å²) in [6, 6.07) is -0.883. The van der Waals surface area contributed by atoms with E-state index in [0.717, 1.165) is 116 Å². The third-order valence-corrected chi connectivity index (χ3v) is 11.6. The molecule has 8 nitrogen and oxygen atoms in total. The Kier molecular flexibility index (Phi) is 45.3. The number of rotatable bonds is 45. The molecule has 0 rings (SSSR count). The van der Waals surface area contributed by atoms with Crippen LogP contribution in [0.25, 0.3) is 0 Å². The van der Waals surface area contributed by atoms with E-state index in [9.17, 15) is 19.4 Å². The van der Waals surface area contributed by atoms with Crippen LogP contribution in [0.2, 0.25) is 0 Å². The first-order valence-electron chi connectivity index (χ1n) is 26.1. The minimum atomic E-state index is -4.36. The van der Waals surface area contributed by atoms with Crippen molar-refractivity contribution in [3.63, 3.8) is 0 Å². The normalized spacial score (nSPS) is 15.1. The van der Waals surface area contributed by atoms with Crippen molar-refractivity contribution in [2.75, 3.05) is 40.9 Å². The molecule has 0 saturated heterocycles. The number of amides is 1. The monoisotopic (exact) mass is 950 g/mol.